The van der Waals surface area contributed by atoms with E-state index in [1.54, 1.807) is 49.5 Å². The second kappa shape index (κ2) is 9.81. The van der Waals surface area contributed by atoms with Gasteiger partial charge in [-0.1, -0.05) is 12.1 Å². The molecule has 0 amide bonds. The molecule has 0 aliphatic heterocycles. The molecule has 5 aromatic rings. The molecule has 1 atom stereocenters. The van der Waals surface area contributed by atoms with Crippen LogP contribution in [-0.2, 0) is 35.0 Å². The van der Waals surface area contributed by atoms with Crippen molar-refractivity contribution in [2.45, 2.75) is 24.1 Å². The van der Waals surface area contributed by atoms with E-state index in [-0.39, 0.29) is 16.1 Å². The van der Waals surface area contributed by atoms with Crippen LogP contribution in [0.3, 0.4) is 0 Å². The van der Waals surface area contributed by atoms with Crippen molar-refractivity contribution in [1.29, 1.82) is 0 Å². The molecule has 0 unspecified atom stereocenters. The number of hydrogen-bond acceptors (Lipinski definition) is 6. The molecule has 8 nitrogen and oxygen atoms in total. The predicted octanol–water partition coefficient (Wildman–Crippen LogP) is 6.23. The van der Waals surface area contributed by atoms with Gasteiger partial charge >= 0.3 is 6.18 Å². The highest BCUT2D eigenvalue weighted by Crippen LogP contribution is 2.41. The number of thiazole rings is 1. The van der Waals surface area contributed by atoms with Gasteiger partial charge in [-0.3, -0.25) is 9.40 Å². The second-order valence-electron chi connectivity index (χ2n) is 8.99. The van der Waals surface area contributed by atoms with Crippen molar-refractivity contribution in [2.75, 3.05) is 11.8 Å². The van der Waals surface area contributed by atoms with Gasteiger partial charge in [0.25, 0.3) is 10.0 Å². The zero-order chi connectivity index (χ0) is 28.1. The topological polar surface area (TPSA) is 91.0 Å². The Morgan fingerprint density at radius 1 is 1.05 bits per heavy atom. The molecule has 0 bridgehead atoms. The fourth-order valence-electron chi connectivity index (χ4n) is 4.37. The van der Waals surface area contributed by atoms with Crippen LogP contribution < -0.4 is 4.72 Å². The first-order valence-electron chi connectivity index (χ1n) is 11.7. The molecule has 39 heavy (non-hydrogen) atoms. The number of benzene rings is 2. The Morgan fingerprint density at radius 3 is 2.49 bits per heavy atom. The first-order chi connectivity index (χ1) is 18.4. The van der Waals surface area contributed by atoms with E-state index in [0.717, 1.165) is 23.5 Å². The average Bonchev–Trinajstić information content (AvgIpc) is 3.61. The van der Waals surface area contributed by atoms with Gasteiger partial charge < -0.3 is 9.30 Å². The lowest BCUT2D eigenvalue weighted by Crippen LogP contribution is -2.13. The minimum atomic E-state index is -4.51. The SMILES string of the molecule is CO[C@@H](C)c1csc(NS(=O)(=O)c2ccc3c(-c4ccc(C(F)(F)F)cc4-c4ccnn4C)cn(C)c3c2)n1. The van der Waals surface area contributed by atoms with E-state index >= 15 is 0 Å². The minimum absolute atomic E-state index is 0.0265. The Morgan fingerprint density at radius 2 is 1.82 bits per heavy atom. The molecule has 3 aromatic heterocycles. The van der Waals surface area contributed by atoms with E-state index in [2.05, 4.69) is 14.8 Å². The molecule has 0 aliphatic rings. The number of aromatic nitrogens is 4. The van der Waals surface area contributed by atoms with E-state index < -0.39 is 21.8 Å². The van der Waals surface area contributed by atoms with Crippen molar-refractivity contribution in [2.24, 2.45) is 14.1 Å². The van der Waals surface area contributed by atoms with Gasteiger partial charge in [0.15, 0.2) is 5.13 Å². The van der Waals surface area contributed by atoms with Crippen LogP contribution in [0, 0.1) is 0 Å². The summed E-state index contributed by atoms with van der Waals surface area (Å²) in [6.07, 6.45) is -1.50. The number of nitrogens with zero attached hydrogens (tertiary/aromatic N) is 4. The molecule has 0 saturated carbocycles. The van der Waals surface area contributed by atoms with Crippen molar-refractivity contribution in [3.63, 3.8) is 0 Å². The van der Waals surface area contributed by atoms with Crippen LogP contribution in [0.2, 0.25) is 0 Å². The fraction of sp³-hybridized carbons (Fsp3) is 0.231. The first-order valence-corrected chi connectivity index (χ1v) is 14.1. The third-order valence-corrected chi connectivity index (χ3v) is 8.76. The molecule has 3 heterocycles. The van der Waals surface area contributed by atoms with Crippen molar-refractivity contribution in [3.8, 4) is 22.4 Å². The van der Waals surface area contributed by atoms with E-state index in [1.807, 2.05) is 6.92 Å². The smallest absolute Gasteiger partial charge is 0.375 e. The summed E-state index contributed by atoms with van der Waals surface area (Å²) in [5.74, 6) is 0. The number of halogens is 3. The molecule has 0 saturated heterocycles. The zero-order valence-corrected chi connectivity index (χ0v) is 22.9. The number of nitrogens with one attached hydrogen (secondary N) is 1. The maximum Gasteiger partial charge on any atom is 0.416 e. The number of hydrogen-bond donors (Lipinski definition) is 1. The molecule has 5 rings (SSSR count). The van der Waals surface area contributed by atoms with E-state index in [0.29, 0.717) is 39.0 Å². The number of methoxy groups -OCH3 is 1. The van der Waals surface area contributed by atoms with E-state index in [1.165, 1.54) is 29.1 Å². The lowest BCUT2D eigenvalue weighted by molar-refractivity contribution is -0.137. The number of rotatable bonds is 7. The summed E-state index contributed by atoms with van der Waals surface area (Å²) in [7, 11) is 0.997. The number of alkyl halides is 3. The predicted molar refractivity (Wildman–Crippen MR) is 144 cm³/mol. The summed E-state index contributed by atoms with van der Waals surface area (Å²) < 4.78 is 78.0. The molecular formula is C26H24F3N5O3S2. The summed E-state index contributed by atoms with van der Waals surface area (Å²) in [6, 6.07) is 9.90. The highest BCUT2D eigenvalue weighted by Gasteiger charge is 2.32. The standard InChI is InChI=1S/C26H24F3N5O3S2/c1-15(37-4)22-14-38-25(31-22)32-39(35,36)17-6-8-19-21(13-33(2)24(19)12-17)18-7-5-16(26(27,28)29)11-20(18)23-9-10-30-34(23)3/h5-15H,1-4H3,(H,31,32)/t15-/m0/s1. The van der Waals surface area contributed by atoms with Gasteiger partial charge in [0.1, 0.15) is 0 Å². The normalized spacial score (nSPS) is 13.2. The van der Waals surface area contributed by atoms with Crippen LogP contribution in [-0.4, -0.2) is 34.9 Å². The lowest BCUT2D eigenvalue weighted by Gasteiger charge is -2.14. The second-order valence-corrected chi connectivity index (χ2v) is 11.5. The number of anilines is 1. The largest absolute Gasteiger partial charge is 0.416 e. The lowest BCUT2D eigenvalue weighted by atomic mass is 9.95. The highest BCUT2D eigenvalue weighted by molar-refractivity contribution is 7.93. The third-order valence-electron chi connectivity index (χ3n) is 6.52. The summed E-state index contributed by atoms with van der Waals surface area (Å²) in [4.78, 5) is 4.32. The average molecular weight is 576 g/mol. The van der Waals surface area contributed by atoms with Gasteiger partial charge in [-0.15, -0.1) is 11.3 Å². The maximum absolute atomic E-state index is 13.6. The summed E-state index contributed by atoms with van der Waals surface area (Å²) >= 11 is 1.15. The Bertz CT molecular complexity index is 1790. The van der Waals surface area contributed by atoms with Crippen LogP contribution in [0.15, 0.2) is 65.1 Å². The molecular weight excluding hydrogens is 551 g/mol. The van der Waals surface area contributed by atoms with Crippen LogP contribution in [0.4, 0.5) is 18.3 Å². The first kappa shape index (κ1) is 26.9. The number of sulfonamides is 1. The third kappa shape index (κ3) is 5.04. The van der Waals surface area contributed by atoms with Gasteiger partial charge in [-0.2, -0.15) is 18.3 Å². The fourth-order valence-corrected chi connectivity index (χ4v) is 6.43. The summed E-state index contributed by atoms with van der Waals surface area (Å²) in [6.45, 7) is 1.81. The van der Waals surface area contributed by atoms with Crippen LogP contribution in [0.5, 0.6) is 0 Å². The minimum Gasteiger partial charge on any atom is -0.375 e. The number of ether oxygens (including phenoxy) is 1. The van der Waals surface area contributed by atoms with Gasteiger partial charge in [-0.25, -0.2) is 13.4 Å². The number of aryl methyl sites for hydroxylation is 2. The van der Waals surface area contributed by atoms with Crippen LogP contribution in [0.25, 0.3) is 33.3 Å². The molecule has 0 aliphatic carbocycles. The Hall–Kier alpha value is -3.68. The van der Waals surface area contributed by atoms with E-state index in [9.17, 15) is 21.6 Å². The summed E-state index contributed by atoms with van der Waals surface area (Å²) in [5, 5.41) is 6.75. The molecule has 0 fully saturated rings. The Labute approximate surface area is 226 Å². The van der Waals surface area contributed by atoms with Gasteiger partial charge in [0.2, 0.25) is 0 Å². The van der Waals surface area contributed by atoms with E-state index in [4.69, 9.17) is 4.74 Å². The molecule has 204 valence electrons. The molecule has 1 N–H and O–H groups in total. The van der Waals surface area contributed by atoms with Crippen LogP contribution >= 0.6 is 11.3 Å². The van der Waals surface area contributed by atoms with Crippen LogP contribution in [0.1, 0.15) is 24.3 Å². The van der Waals surface area contributed by atoms with Crippen molar-refractivity contribution in [3.05, 3.63) is 71.5 Å². The molecule has 0 radical (unpaired) electrons. The van der Waals surface area contributed by atoms with Gasteiger partial charge in [-0.05, 0) is 42.8 Å². The van der Waals surface area contributed by atoms with Gasteiger partial charge in [0, 0.05) is 61.0 Å². The molecule has 2 aromatic carbocycles. The maximum atomic E-state index is 13.6. The zero-order valence-electron chi connectivity index (χ0n) is 21.3. The monoisotopic (exact) mass is 575 g/mol. The quantitative estimate of drug-likeness (QED) is 0.249. The highest BCUT2D eigenvalue weighted by atomic mass is 32.2. The van der Waals surface area contributed by atoms with Gasteiger partial charge in [0.05, 0.1) is 28.0 Å². The number of fused-ring (bicyclic) bond motifs is 1. The van der Waals surface area contributed by atoms with Crippen molar-refractivity contribution >= 4 is 37.4 Å². The Kier molecular flexibility index (Phi) is 6.77. The molecule has 0 spiro atoms. The van der Waals surface area contributed by atoms with Crippen molar-refractivity contribution < 1.29 is 26.3 Å². The molecule has 13 heteroatoms. The Balaban J connectivity index is 1.58. The van der Waals surface area contributed by atoms with Crippen molar-refractivity contribution in [1.82, 2.24) is 19.3 Å². The summed E-state index contributed by atoms with van der Waals surface area (Å²) in [5.41, 5.74) is 2.54.